The molecule has 2 aromatic rings. The fraction of sp³-hybridized carbons (Fsp3) is 0.500. The smallest absolute Gasteiger partial charge is 0.127 e. The molecular weight excluding hydrogens is 274 g/mol. The molecular formula is C18H25N3O. The molecule has 0 saturated heterocycles. The van der Waals surface area contributed by atoms with E-state index in [0.29, 0.717) is 18.5 Å². The van der Waals surface area contributed by atoms with Crippen LogP contribution in [0.1, 0.15) is 42.0 Å². The van der Waals surface area contributed by atoms with Gasteiger partial charge < -0.3 is 10.4 Å². The Balaban J connectivity index is 1.70. The molecule has 2 N–H and O–H groups in total. The molecule has 1 saturated carbocycles. The maximum atomic E-state index is 9.21. The lowest BCUT2D eigenvalue weighted by Gasteiger charge is -2.17. The molecule has 0 amide bonds. The van der Waals surface area contributed by atoms with Crippen molar-refractivity contribution in [3.8, 4) is 0 Å². The number of aromatic nitrogens is 2. The Morgan fingerprint density at radius 3 is 2.73 bits per heavy atom. The molecule has 0 radical (unpaired) electrons. The molecule has 118 valence electrons. The summed E-state index contributed by atoms with van der Waals surface area (Å²) in [5.41, 5.74) is 3.67. The van der Waals surface area contributed by atoms with Crippen molar-refractivity contribution in [2.24, 2.45) is 0 Å². The molecule has 22 heavy (non-hydrogen) atoms. The molecule has 1 fully saturated rings. The molecule has 0 spiro atoms. The van der Waals surface area contributed by atoms with Gasteiger partial charge in [0.15, 0.2) is 0 Å². The fourth-order valence-electron chi connectivity index (χ4n) is 3.44. The van der Waals surface area contributed by atoms with Gasteiger partial charge in [-0.15, -0.1) is 0 Å². The summed E-state index contributed by atoms with van der Waals surface area (Å²) in [7, 11) is 0. The first-order valence-corrected chi connectivity index (χ1v) is 8.15. The second-order valence-corrected chi connectivity index (χ2v) is 6.27. The molecule has 1 aliphatic rings. The van der Waals surface area contributed by atoms with Crippen LogP contribution in [0.25, 0.3) is 0 Å². The van der Waals surface area contributed by atoms with E-state index in [1.807, 2.05) is 11.6 Å². The number of hydrogen-bond donors (Lipinski definition) is 2. The molecule has 0 aliphatic heterocycles. The number of nitrogens with one attached hydrogen (secondary N) is 1. The number of rotatable bonds is 5. The van der Waals surface area contributed by atoms with Crippen LogP contribution in [-0.4, -0.2) is 27.5 Å². The Morgan fingerprint density at radius 2 is 2.00 bits per heavy atom. The van der Waals surface area contributed by atoms with Gasteiger partial charge in [0.1, 0.15) is 5.82 Å². The lowest BCUT2D eigenvalue weighted by molar-refractivity contribution is 0.270. The van der Waals surface area contributed by atoms with Gasteiger partial charge in [-0.1, -0.05) is 30.3 Å². The van der Waals surface area contributed by atoms with Crippen LogP contribution >= 0.6 is 0 Å². The minimum Gasteiger partial charge on any atom is -0.394 e. The van der Waals surface area contributed by atoms with Crippen LogP contribution in [0.15, 0.2) is 30.3 Å². The van der Waals surface area contributed by atoms with Crippen molar-refractivity contribution in [3.63, 3.8) is 0 Å². The SMILES string of the molecule is Cc1nn(CCO)c(N[C@H]2CC[C@H](c3ccccc3)C2)c1C. The van der Waals surface area contributed by atoms with Crippen molar-refractivity contribution < 1.29 is 5.11 Å². The van der Waals surface area contributed by atoms with Crippen LogP contribution in [-0.2, 0) is 6.54 Å². The number of aliphatic hydroxyl groups is 1. The second kappa shape index (κ2) is 6.53. The fourth-order valence-corrected chi connectivity index (χ4v) is 3.44. The van der Waals surface area contributed by atoms with Crippen molar-refractivity contribution in [2.75, 3.05) is 11.9 Å². The van der Waals surface area contributed by atoms with Crippen LogP contribution in [0.4, 0.5) is 5.82 Å². The first-order valence-electron chi connectivity index (χ1n) is 8.15. The summed E-state index contributed by atoms with van der Waals surface area (Å²) in [5.74, 6) is 1.72. The van der Waals surface area contributed by atoms with Crippen LogP contribution in [0, 0.1) is 13.8 Å². The molecule has 3 rings (SSSR count). The average Bonchev–Trinajstić information content (AvgIpc) is 3.10. The van der Waals surface area contributed by atoms with E-state index in [4.69, 9.17) is 0 Å². The molecule has 0 unspecified atom stereocenters. The third-order valence-corrected chi connectivity index (χ3v) is 4.78. The zero-order valence-electron chi connectivity index (χ0n) is 13.4. The zero-order valence-corrected chi connectivity index (χ0v) is 13.4. The van der Waals surface area contributed by atoms with Crippen molar-refractivity contribution in [3.05, 3.63) is 47.2 Å². The first-order chi connectivity index (χ1) is 10.7. The van der Waals surface area contributed by atoms with Gasteiger partial charge in [0.05, 0.1) is 18.8 Å². The second-order valence-electron chi connectivity index (χ2n) is 6.27. The predicted molar refractivity (Wildman–Crippen MR) is 89.2 cm³/mol. The molecule has 2 atom stereocenters. The number of aliphatic hydroxyl groups excluding tert-OH is 1. The van der Waals surface area contributed by atoms with Gasteiger partial charge >= 0.3 is 0 Å². The van der Waals surface area contributed by atoms with E-state index in [0.717, 1.165) is 17.9 Å². The Hall–Kier alpha value is -1.81. The van der Waals surface area contributed by atoms with Crippen LogP contribution in [0.5, 0.6) is 0 Å². The van der Waals surface area contributed by atoms with Crippen molar-refractivity contribution in [2.45, 2.75) is 51.6 Å². The normalized spacial score (nSPS) is 21.2. The Morgan fingerprint density at radius 1 is 1.23 bits per heavy atom. The summed E-state index contributed by atoms with van der Waals surface area (Å²) in [6.45, 7) is 4.79. The molecule has 4 heteroatoms. The van der Waals surface area contributed by atoms with Crippen molar-refractivity contribution in [1.82, 2.24) is 9.78 Å². The Kier molecular flexibility index (Phi) is 4.48. The molecule has 4 nitrogen and oxygen atoms in total. The van der Waals surface area contributed by atoms with Crippen LogP contribution in [0.3, 0.4) is 0 Å². The largest absolute Gasteiger partial charge is 0.394 e. The highest BCUT2D eigenvalue weighted by Crippen LogP contribution is 2.36. The molecule has 1 aromatic heterocycles. The molecule has 1 heterocycles. The summed E-state index contributed by atoms with van der Waals surface area (Å²) in [5, 5.41) is 17.4. The monoisotopic (exact) mass is 299 g/mol. The highest BCUT2D eigenvalue weighted by Gasteiger charge is 2.27. The topological polar surface area (TPSA) is 50.1 Å². The number of aryl methyl sites for hydroxylation is 1. The van der Waals surface area contributed by atoms with Gasteiger partial charge in [-0.2, -0.15) is 5.10 Å². The minimum absolute atomic E-state index is 0.118. The van der Waals surface area contributed by atoms with E-state index in [1.165, 1.54) is 24.0 Å². The lowest BCUT2D eigenvalue weighted by Crippen LogP contribution is -2.20. The van der Waals surface area contributed by atoms with Crippen LogP contribution in [0.2, 0.25) is 0 Å². The van der Waals surface area contributed by atoms with Gasteiger partial charge in [-0.3, -0.25) is 0 Å². The predicted octanol–water partition coefficient (Wildman–Crippen LogP) is 3.24. The standard InChI is InChI=1S/C18H25N3O/c1-13-14(2)20-21(10-11-22)18(13)19-17-9-8-16(12-17)15-6-4-3-5-7-15/h3-7,16-17,19,22H,8-12H2,1-2H3/t16-,17-/m0/s1. The van der Waals surface area contributed by atoms with Crippen LogP contribution < -0.4 is 5.32 Å². The summed E-state index contributed by atoms with van der Waals surface area (Å²) in [4.78, 5) is 0. The van der Waals surface area contributed by atoms with E-state index in [-0.39, 0.29) is 6.61 Å². The van der Waals surface area contributed by atoms with Crippen molar-refractivity contribution >= 4 is 5.82 Å². The minimum atomic E-state index is 0.118. The number of anilines is 1. The Bertz CT molecular complexity index is 621. The summed E-state index contributed by atoms with van der Waals surface area (Å²) >= 11 is 0. The van der Waals surface area contributed by atoms with E-state index in [1.54, 1.807) is 0 Å². The number of nitrogens with zero attached hydrogens (tertiary/aromatic N) is 2. The summed E-state index contributed by atoms with van der Waals surface area (Å²) in [6, 6.07) is 11.3. The van der Waals surface area contributed by atoms with Gasteiger partial charge in [0.2, 0.25) is 0 Å². The van der Waals surface area contributed by atoms with Gasteiger partial charge in [0.25, 0.3) is 0 Å². The zero-order chi connectivity index (χ0) is 15.5. The lowest BCUT2D eigenvalue weighted by atomic mass is 9.98. The highest BCUT2D eigenvalue weighted by molar-refractivity contribution is 5.47. The van der Waals surface area contributed by atoms with Gasteiger partial charge in [-0.25, -0.2) is 4.68 Å². The molecule has 1 aliphatic carbocycles. The average molecular weight is 299 g/mol. The first kappa shape index (κ1) is 15.1. The van der Waals surface area contributed by atoms with Gasteiger partial charge in [-0.05, 0) is 44.6 Å². The maximum absolute atomic E-state index is 9.21. The third kappa shape index (κ3) is 3.02. The molecule has 1 aromatic carbocycles. The van der Waals surface area contributed by atoms with E-state index in [9.17, 15) is 5.11 Å². The van der Waals surface area contributed by atoms with E-state index >= 15 is 0 Å². The highest BCUT2D eigenvalue weighted by atomic mass is 16.3. The van der Waals surface area contributed by atoms with Crippen molar-refractivity contribution in [1.29, 1.82) is 0 Å². The number of benzene rings is 1. The maximum Gasteiger partial charge on any atom is 0.127 e. The Labute approximate surface area is 132 Å². The van der Waals surface area contributed by atoms with E-state index < -0.39 is 0 Å². The van der Waals surface area contributed by atoms with Gasteiger partial charge in [0, 0.05) is 11.6 Å². The third-order valence-electron chi connectivity index (χ3n) is 4.78. The molecule has 0 bridgehead atoms. The summed E-state index contributed by atoms with van der Waals surface area (Å²) in [6.07, 6.45) is 3.57. The quantitative estimate of drug-likeness (QED) is 0.891. The number of hydrogen-bond acceptors (Lipinski definition) is 3. The van der Waals surface area contributed by atoms with E-state index in [2.05, 4.69) is 47.7 Å². The summed E-state index contributed by atoms with van der Waals surface area (Å²) < 4.78 is 1.90.